The topological polar surface area (TPSA) is 35.2 Å². The molecule has 2 N–H and O–H groups in total. The van der Waals surface area contributed by atoms with Gasteiger partial charge in [0.1, 0.15) is 5.75 Å². The third-order valence-electron chi connectivity index (χ3n) is 3.90. The minimum absolute atomic E-state index is 0.193. The summed E-state index contributed by atoms with van der Waals surface area (Å²) in [5.41, 5.74) is 7.39. The fourth-order valence-corrected chi connectivity index (χ4v) is 3.01. The van der Waals surface area contributed by atoms with E-state index in [1.807, 2.05) is 6.07 Å². The van der Waals surface area contributed by atoms with Gasteiger partial charge in [-0.1, -0.05) is 22.0 Å². The van der Waals surface area contributed by atoms with E-state index in [0.717, 1.165) is 28.6 Å². The Morgan fingerprint density at radius 2 is 1.94 bits per heavy atom. The Morgan fingerprint density at radius 1 is 1.17 bits per heavy atom. The molecule has 1 aliphatic rings. The van der Waals surface area contributed by atoms with Gasteiger partial charge in [-0.3, -0.25) is 0 Å². The summed E-state index contributed by atoms with van der Waals surface area (Å²) in [6.45, 7) is 0. The molecular formula is C15H16BrNO. The summed E-state index contributed by atoms with van der Waals surface area (Å²) in [6.07, 6.45) is 3.29. The van der Waals surface area contributed by atoms with Crippen molar-refractivity contribution in [3.05, 3.63) is 40.4 Å². The molecular weight excluding hydrogens is 290 g/mol. The minimum atomic E-state index is -0.193. The smallest absolute Gasteiger partial charge is 0.124 e. The maximum atomic E-state index is 6.44. The second-order valence-corrected chi connectivity index (χ2v) is 5.97. The highest BCUT2D eigenvalue weighted by Crippen LogP contribution is 2.44. The Bertz CT molecular complexity index is 605. The lowest BCUT2D eigenvalue weighted by atomic mass is 9.72. The highest BCUT2D eigenvalue weighted by atomic mass is 79.9. The highest BCUT2D eigenvalue weighted by Gasteiger charge is 2.36. The average molecular weight is 306 g/mol. The van der Waals surface area contributed by atoms with Gasteiger partial charge in [-0.25, -0.2) is 0 Å². The van der Waals surface area contributed by atoms with E-state index in [0.29, 0.717) is 0 Å². The normalized spacial score (nSPS) is 17.5. The fraction of sp³-hybridized carbons (Fsp3) is 0.333. The average Bonchev–Trinajstić information content (AvgIpc) is 2.34. The SMILES string of the molecule is COc1cc2ccc(Br)cc2cc1C1(N)CCC1. The summed E-state index contributed by atoms with van der Waals surface area (Å²) in [6, 6.07) is 10.5. The molecule has 1 aliphatic carbocycles. The first kappa shape index (κ1) is 12.0. The molecule has 0 aromatic heterocycles. The Balaban J connectivity index is 2.22. The van der Waals surface area contributed by atoms with Crippen molar-refractivity contribution in [1.29, 1.82) is 0 Å². The van der Waals surface area contributed by atoms with Gasteiger partial charge in [0.2, 0.25) is 0 Å². The molecule has 0 amide bonds. The van der Waals surface area contributed by atoms with Crippen molar-refractivity contribution in [2.75, 3.05) is 7.11 Å². The Labute approximate surface area is 115 Å². The number of fused-ring (bicyclic) bond motifs is 1. The number of benzene rings is 2. The monoisotopic (exact) mass is 305 g/mol. The predicted octanol–water partition coefficient (Wildman–Crippen LogP) is 3.95. The summed E-state index contributed by atoms with van der Waals surface area (Å²) >= 11 is 3.51. The van der Waals surface area contributed by atoms with E-state index in [2.05, 4.69) is 40.2 Å². The van der Waals surface area contributed by atoms with E-state index in [1.54, 1.807) is 7.11 Å². The van der Waals surface area contributed by atoms with Crippen molar-refractivity contribution in [1.82, 2.24) is 0 Å². The van der Waals surface area contributed by atoms with Crippen molar-refractivity contribution in [3.63, 3.8) is 0 Å². The maximum Gasteiger partial charge on any atom is 0.124 e. The number of halogens is 1. The molecule has 0 atom stereocenters. The van der Waals surface area contributed by atoms with E-state index < -0.39 is 0 Å². The minimum Gasteiger partial charge on any atom is -0.496 e. The molecule has 1 saturated carbocycles. The largest absolute Gasteiger partial charge is 0.496 e. The second kappa shape index (κ2) is 4.25. The molecule has 0 aliphatic heterocycles. The zero-order valence-electron chi connectivity index (χ0n) is 10.4. The van der Waals surface area contributed by atoms with Crippen LogP contribution in [0.15, 0.2) is 34.8 Å². The van der Waals surface area contributed by atoms with Crippen LogP contribution < -0.4 is 10.5 Å². The summed E-state index contributed by atoms with van der Waals surface area (Å²) in [7, 11) is 1.71. The van der Waals surface area contributed by atoms with Gasteiger partial charge in [-0.05, 0) is 54.3 Å². The van der Waals surface area contributed by atoms with Gasteiger partial charge in [0.25, 0.3) is 0 Å². The van der Waals surface area contributed by atoms with Gasteiger partial charge in [-0.15, -0.1) is 0 Å². The van der Waals surface area contributed by atoms with Crippen molar-refractivity contribution >= 4 is 26.7 Å². The molecule has 3 rings (SSSR count). The number of ether oxygens (including phenoxy) is 1. The van der Waals surface area contributed by atoms with E-state index in [9.17, 15) is 0 Å². The molecule has 0 radical (unpaired) electrons. The molecule has 2 aromatic carbocycles. The fourth-order valence-electron chi connectivity index (χ4n) is 2.63. The van der Waals surface area contributed by atoms with Crippen LogP contribution in [0.3, 0.4) is 0 Å². The molecule has 18 heavy (non-hydrogen) atoms. The third-order valence-corrected chi connectivity index (χ3v) is 4.40. The van der Waals surface area contributed by atoms with E-state index >= 15 is 0 Å². The summed E-state index contributed by atoms with van der Waals surface area (Å²) in [4.78, 5) is 0. The number of methoxy groups -OCH3 is 1. The lowest BCUT2D eigenvalue weighted by molar-refractivity contribution is 0.244. The Kier molecular flexibility index (Phi) is 2.83. The van der Waals surface area contributed by atoms with Crippen LogP contribution in [-0.4, -0.2) is 7.11 Å². The zero-order chi connectivity index (χ0) is 12.8. The number of rotatable bonds is 2. The first-order valence-corrected chi connectivity index (χ1v) is 6.98. The predicted molar refractivity (Wildman–Crippen MR) is 77.9 cm³/mol. The second-order valence-electron chi connectivity index (χ2n) is 5.05. The van der Waals surface area contributed by atoms with Crippen LogP contribution in [0.1, 0.15) is 24.8 Å². The van der Waals surface area contributed by atoms with Crippen LogP contribution in [0.2, 0.25) is 0 Å². The van der Waals surface area contributed by atoms with Crippen molar-refractivity contribution in [3.8, 4) is 5.75 Å². The van der Waals surface area contributed by atoms with Crippen LogP contribution in [0.5, 0.6) is 5.75 Å². The molecule has 1 fully saturated rings. The molecule has 2 aromatic rings. The lowest BCUT2D eigenvalue weighted by Gasteiger charge is -2.39. The molecule has 0 unspecified atom stereocenters. The number of hydrogen-bond acceptors (Lipinski definition) is 2. The van der Waals surface area contributed by atoms with Crippen LogP contribution >= 0.6 is 15.9 Å². The molecule has 0 saturated heterocycles. The Hall–Kier alpha value is -1.06. The number of nitrogens with two attached hydrogens (primary N) is 1. The van der Waals surface area contributed by atoms with Gasteiger partial charge < -0.3 is 10.5 Å². The molecule has 94 valence electrons. The van der Waals surface area contributed by atoms with Gasteiger partial charge in [-0.2, -0.15) is 0 Å². The van der Waals surface area contributed by atoms with Gasteiger partial charge in [0.05, 0.1) is 7.11 Å². The highest BCUT2D eigenvalue weighted by molar-refractivity contribution is 9.10. The van der Waals surface area contributed by atoms with Gasteiger partial charge in [0.15, 0.2) is 0 Å². The maximum absolute atomic E-state index is 6.44. The number of hydrogen-bond donors (Lipinski definition) is 1. The van der Waals surface area contributed by atoms with E-state index in [-0.39, 0.29) is 5.54 Å². The Morgan fingerprint density at radius 3 is 2.56 bits per heavy atom. The van der Waals surface area contributed by atoms with Crippen LogP contribution in [0, 0.1) is 0 Å². The first-order valence-electron chi connectivity index (χ1n) is 6.19. The lowest BCUT2D eigenvalue weighted by Crippen LogP contribution is -2.43. The quantitative estimate of drug-likeness (QED) is 0.912. The zero-order valence-corrected chi connectivity index (χ0v) is 12.0. The molecule has 0 heterocycles. The third kappa shape index (κ3) is 1.82. The van der Waals surface area contributed by atoms with Crippen LogP contribution in [0.4, 0.5) is 0 Å². The van der Waals surface area contributed by atoms with Gasteiger partial charge in [0, 0.05) is 15.6 Å². The van der Waals surface area contributed by atoms with Crippen molar-refractivity contribution in [2.24, 2.45) is 5.73 Å². The van der Waals surface area contributed by atoms with Crippen LogP contribution in [0.25, 0.3) is 10.8 Å². The summed E-state index contributed by atoms with van der Waals surface area (Å²) < 4.78 is 6.60. The van der Waals surface area contributed by atoms with Crippen molar-refractivity contribution in [2.45, 2.75) is 24.8 Å². The van der Waals surface area contributed by atoms with E-state index in [4.69, 9.17) is 10.5 Å². The summed E-state index contributed by atoms with van der Waals surface area (Å²) in [5.74, 6) is 0.909. The molecule has 0 spiro atoms. The standard InChI is InChI=1S/C15H16BrNO/c1-18-14-9-10-3-4-12(16)7-11(10)8-13(14)15(17)5-2-6-15/h3-4,7-9H,2,5-6,17H2,1H3. The van der Waals surface area contributed by atoms with E-state index in [1.165, 1.54) is 17.2 Å². The summed E-state index contributed by atoms with van der Waals surface area (Å²) in [5, 5.41) is 2.39. The first-order chi connectivity index (χ1) is 8.62. The molecule has 2 nitrogen and oxygen atoms in total. The van der Waals surface area contributed by atoms with Crippen LogP contribution in [-0.2, 0) is 5.54 Å². The van der Waals surface area contributed by atoms with Gasteiger partial charge >= 0.3 is 0 Å². The van der Waals surface area contributed by atoms with Crippen molar-refractivity contribution < 1.29 is 4.74 Å². The molecule has 3 heteroatoms. The molecule has 0 bridgehead atoms.